The zero-order valence-electron chi connectivity index (χ0n) is 13.5. The molecule has 0 radical (unpaired) electrons. The number of amides is 1. The van der Waals surface area contributed by atoms with Crippen LogP contribution in [0.1, 0.15) is 28.4 Å². The minimum absolute atomic E-state index is 0.0297. The standard InChI is InChI=1S/C16H17N5O3/c1-10-13(16(23)24)9-21-14(10)15(12(7-17)8-18-21)20-5-3-19(4-6-20)11(2)22/h8-9H,3-6H2,1-2H3,(H,23,24). The van der Waals surface area contributed by atoms with Crippen LogP contribution in [0.3, 0.4) is 0 Å². The van der Waals surface area contributed by atoms with E-state index in [-0.39, 0.29) is 11.5 Å². The van der Waals surface area contributed by atoms with Crippen molar-refractivity contribution in [2.75, 3.05) is 31.1 Å². The predicted octanol–water partition coefficient (Wildman–Crippen LogP) is 0.881. The van der Waals surface area contributed by atoms with E-state index in [0.717, 1.165) is 0 Å². The maximum atomic E-state index is 11.5. The van der Waals surface area contributed by atoms with Crippen LogP contribution in [0.2, 0.25) is 0 Å². The first-order valence-corrected chi connectivity index (χ1v) is 7.58. The van der Waals surface area contributed by atoms with Crippen LogP contribution in [0.5, 0.6) is 0 Å². The lowest BCUT2D eigenvalue weighted by atomic mass is 10.1. The fourth-order valence-corrected chi connectivity index (χ4v) is 3.13. The molecule has 24 heavy (non-hydrogen) atoms. The zero-order chi connectivity index (χ0) is 17.4. The third-order valence-electron chi connectivity index (χ3n) is 4.42. The Morgan fingerprint density at radius 1 is 1.29 bits per heavy atom. The van der Waals surface area contributed by atoms with Gasteiger partial charge in [0.1, 0.15) is 6.07 Å². The van der Waals surface area contributed by atoms with Gasteiger partial charge in [0, 0.05) is 39.3 Å². The Bertz CT molecular complexity index is 872. The molecule has 2 aromatic rings. The molecule has 124 valence electrons. The van der Waals surface area contributed by atoms with E-state index < -0.39 is 5.97 Å². The van der Waals surface area contributed by atoms with E-state index in [1.807, 2.05) is 4.90 Å². The number of hydrogen-bond donors (Lipinski definition) is 1. The molecule has 1 amide bonds. The van der Waals surface area contributed by atoms with Gasteiger partial charge in [0.2, 0.25) is 5.91 Å². The Morgan fingerprint density at radius 2 is 1.96 bits per heavy atom. The molecule has 8 heteroatoms. The molecular formula is C16H17N5O3. The lowest BCUT2D eigenvalue weighted by Crippen LogP contribution is -2.48. The molecule has 0 aromatic carbocycles. The molecule has 1 aliphatic rings. The van der Waals surface area contributed by atoms with E-state index in [9.17, 15) is 20.0 Å². The smallest absolute Gasteiger partial charge is 0.337 e. The minimum atomic E-state index is -1.02. The Hall–Kier alpha value is -3.08. The van der Waals surface area contributed by atoms with Crippen LogP contribution in [0.15, 0.2) is 12.4 Å². The Balaban J connectivity index is 2.11. The van der Waals surface area contributed by atoms with Crippen molar-refractivity contribution in [1.29, 1.82) is 5.26 Å². The Morgan fingerprint density at radius 3 is 2.50 bits per heavy atom. The highest BCUT2D eigenvalue weighted by atomic mass is 16.4. The van der Waals surface area contributed by atoms with E-state index in [2.05, 4.69) is 11.2 Å². The summed E-state index contributed by atoms with van der Waals surface area (Å²) in [7, 11) is 0. The number of nitriles is 1. The van der Waals surface area contributed by atoms with Crippen molar-refractivity contribution in [2.24, 2.45) is 0 Å². The number of aryl methyl sites for hydroxylation is 1. The highest BCUT2D eigenvalue weighted by Crippen LogP contribution is 2.31. The summed E-state index contributed by atoms with van der Waals surface area (Å²) in [6.07, 6.45) is 2.91. The molecule has 1 N–H and O–H groups in total. The molecule has 1 aliphatic heterocycles. The molecule has 2 aromatic heterocycles. The lowest BCUT2D eigenvalue weighted by Gasteiger charge is -2.36. The monoisotopic (exact) mass is 327 g/mol. The molecule has 0 saturated carbocycles. The number of carboxylic acids is 1. The van der Waals surface area contributed by atoms with Crippen LogP contribution < -0.4 is 4.90 Å². The fraction of sp³-hybridized carbons (Fsp3) is 0.375. The number of carbonyl (C=O) groups is 2. The van der Waals surface area contributed by atoms with Gasteiger partial charge in [-0.15, -0.1) is 0 Å². The van der Waals surface area contributed by atoms with Crippen molar-refractivity contribution in [1.82, 2.24) is 14.5 Å². The van der Waals surface area contributed by atoms with Crippen molar-refractivity contribution in [3.05, 3.63) is 29.1 Å². The number of fused-ring (bicyclic) bond motifs is 1. The first-order chi connectivity index (χ1) is 11.4. The van der Waals surface area contributed by atoms with Crippen molar-refractivity contribution in [3.63, 3.8) is 0 Å². The lowest BCUT2D eigenvalue weighted by molar-refractivity contribution is -0.129. The average Bonchev–Trinajstić information content (AvgIpc) is 2.91. The molecule has 0 atom stereocenters. The fourth-order valence-electron chi connectivity index (χ4n) is 3.13. The zero-order valence-corrected chi connectivity index (χ0v) is 13.5. The summed E-state index contributed by atoms with van der Waals surface area (Å²) in [4.78, 5) is 26.7. The van der Waals surface area contributed by atoms with E-state index in [1.54, 1.807) is 11.8 Å². The van der Waals surface area contributed by atoms with Gasteiger partial charge in [-0.05, 0) is 12.5 Å². The third-order valence-corrected chi connectivity index (χ3v) is 4.42. The van der Waals surface area contributed by atoms with Crippen LogP contribution in [0.25, 0.3) is 5.52 Å². The minimum Gasteiger partial charge on any atom is -0.478 e. The van der Waals surface area contributed by atoms with Gasteiger partial charge in [0.05, 0.1) is 28.5 Å². The van der Waals surface area contributed by atoms with Gasteiger partial charge in [-0.2, -0.15) is 10.4 Å². The summed E-state index contributed by atoms with van der Waals surface area (Å²) < 4.78 is 1.51. The summed E-state index contributed by atoms with van der Waals surface area (Å²) in [5, 5.41) is 22.9. The van der Waals surface area contributed by atoms with Crippen molar-refractivity contribution < 1.29 is 14.7 Å². The Kier molecular flexibility index (Phi) is 3.85. The predicted molar refractivity (Wildman–Crippen MR) is 86.1 cm³/mol. The maximum Gasteiger partial charge on any atom is 0.337 e. The number of aromatic nitrogens is 2. The SMILES string of the molecule is CC(=O)N1CCN(c2c(C#N)cnn3cc(C(=O)O)c(C)c23)CC1. The van der Waals surface area contributed by atoms with Crippen LogP contribution in [-0.4, -0.2) is 57.7 Å². The first-order valence-electron chi connectivity index (χ1n) is 7.58. The molecule has 3 heterocycles. The molecule has 0 aliphatic carbocycles. The maximum absolute atomic E-state index is 11.5. The van der Waals surface area contributed by atoms with E-state index in [0.29, 0.717) is 48.5 Å². The van der Waals surface area contributed by atoms with Crippen LogP contribution in [0, 0.1) is 18.3 Å². The van der Waals surface area contributed by atoms with E-state index in [1.165, 1.54) is 23.8 Å². The number of rotatable bonds is 2. The van der Waals surface area contributed by atoms with Crippen LogP contribution in [-0.2, 0) is 4.79 Å². The van der Waals surface area contributed by atoms with Crippen molar-refractivity contribution >= 4 is 23.1 Å². The third kappa shape index (κ3) is 2.44. The quantitative estimate of drug-likeness (QED) is 0.878. The van der Waals surface area contributed by atoms with E-state index in [4.69, 9.17) is 0 Å². The number of carboxylic acid groups (broad SMARTS) is 1. The molecule has 1 fully saturated rings. The molecule has 8 nitrogen and oxygen atoms in total. The number of aromatic carboxylic acids is 1. The molecule has 1 saturated heterocycles. The second-order valence-electron chi connectivity index (χ2n) is 5.78. The number of nitrogens with zero attached hydrogens (tertiary/aromatic N) is 5. The number of anilines is 1. The average molecular weight is 327 g/mol. The number of hydrogen-bond acceptors (Lipinski definition) is 5. The van der Waals surface area contributed by atoms with Gasteiger partial charge in [-0.25, -0.2) is 9.31 Å². The normalized spacial score (nSPS) is 14.7. The molecule has 0 unspecified atom stereocenters. The first kappa shape index (κ1) is 15.8. The summed E-state index contributed by atoms with van der Waals surface area (Å²) >= 11 is 0. The van der Waals surface area contributed by atoms with E-state index >= 15 is 0 Å². The number of carbonyl (C=O) groups excluding carboxylic acids is 1. The van der Waals surface area contributed by atoms with Gasteiger partial charge < -0.3 is 14.9 Å². The summed E-state index contributed by atoms with van der Waals surface area (Å²) in [5.41, 5.74) is 2.46. The largest absolute Gasteiger partial charge is 0.478 e. The van der Waals surface area contributed by atoms with Crippen molar-refractivity contribution in [2.45, 2.75) is 13.8 Å². The van der Waals surface area contributed by atoms with Gasteiger partial charge in [-0.3, -0.25) is 4.79 Å². The Labute approximate surface area is 138 Å². The summed E-state index contributed by atoms with van der Waals surface area (Å²) in [5.74, 6) is -0.995. The van der Waals surface area contributed by atoms with Crippen molar-refractivity contribution in [3.8, 4) is 6.07 Å². The van der Waals surface area contributed by atoms with Crippen LogP contribution >= 0.6 is 0 Å². The topological polar surface area (TPSA) is 102 Å². The molecular weight excluding hydrogens is 310 g/mol. The van der Waals surface area contributed by atoms with Gasteiger partial charge >= 0.3 is 5.97 Å². The highest BCUT2D eigenvalue weighted by Gasteiger charge is 2.25. The highest BCUT2D eigenvalue weighted by molar-refractivity contribution is 5.95. The van der Waals surface area contributed by atoms with Gasteiger partial charge in [0.15, 0.2) is 0 Å². The second-order valence-corrected chi connectivity index (χ2v) is 5.78. The number of piperazine rings is 1. The molecule has 0 spiro atoms. The summed E-state index contributed by atoms with van der Waals surface area (Å²) in [6, 6.07) is 2.14. The van der Waals surface area contributed by atoms with Gasteiger partial charge in [0.25, 0.3) is 0 Å². The molecule has 3 rings (SSSR count). The second kappa shape index (κ2) is 5.85. The van der Waals surface area contributed by atoms with Crippen LogP contribution in [0.4, 0.5) is 5.69 Å². The molecule has 0 bridgehead atoms. The van der Waals surface area contributed by atoms with Gasteiger partial charge in [-0.1, -0.05) is 0 Å². The summed E-state index contributed by atoms with van der Waals surface area (Å²) in [6.45, 7) is 5.57.